The number of aromatic hydroxyl groups is 2. The van der Waals surface area contributed by atoms with Gasteiger partial charge >= 0.3 is 0 Å². The Hall–Kier alpha value is -2.36. The number of aryl methyl sites for hydroxylation is 2. The largest absolute Gasteiger partial charge is 0.507 e. The maximum absolute atomic E-state index is 10.3. The van der Waals surface area contributed by atoms with Crippen LogP contribution in [-0.4, -0.2) is 24.4 Å². The zero-order valence-electron chi connectivity index (χ0n) is 11.4. The van der Waals surface area contributed by atoms with E-state index in [-0.39, 0.29) is 11.5 Å². The molecule has 0 saturated heterocycles. The first-order chi connectivity index (χ1) is 9.65. The molecule has 2 N–H and O–H groups in total. The van der Waals surface area contributed by atoms with Crippen LogP contribution in [-0.2, 0) is 12.8 Å². The molecule has 0 heterocycles. The van der Waals surface area contributed by atoms with Crippen molar-refractivity contribution < 1.29 is 19.7 Å². The normalized spacial score (nSPS) is 12.5. The summed E-state index contributed by atoms with van der Waals surface area (Å²) in [7, 11) is 3.09. The number of rotatable bonds is 2. The second-order valence-corrected chi connectivity index (χ2v) is 4.83. The molecule has 1 aliphatic carbocycles. The molecule has 104 valence electrons. The molecule has 2 aromatic rings. The highest BCUT2D eigenvalue weighted by Gasteiger charge is 2.25. The second kappa shape index (κ2) is 4.63. The third-order valence-corrected chi connectivity index (χ3v) is 3.75. The van der Waals surface area contributed by atoms with E-state index in [1.165, 1.54) is 7.11 Å². The molecule has 4 heteroatoms. The van der Waals surface area contributed by atoms with Crippen LogP contribution in [0.4, 0.5) is 0 Å². The Morgan fingerprint density at radius 3 is 2.30 bits per heavy atom. The van der Waals surface area contributed by atoms with Gasteiger partial charge in [0.2, 0.25) is 0 Å². The van der Waals surface area contributed by atoms with Crippen molar-refractivity contribution in [3.63, 3.8) is 0 Å². The van der Waals surface area contributed by atoms with E-state index in [0.29, 0.717) is 11.5 Å². The zero-order valence-corrected chi connectivity index (χ0v) is 11.4. The molecule has 0 fully saturated rings. The fourth-order valence-electron chi connectivity index (χ4n) is 2.83. The number of hydrogen-bond donors (Lipinski definition) is 2. The standard InChI is InChI=1S/C16H16O4/c1-19-11-7-10-4-3-9-5-6-12(17)16(20-2)15(9)14(10)13(18)8-11/h5-8,17-18H,3-4H2,1-2H3. The number of fused-ring (bicyclic) bond motifs is 3. The molecule has 0 bridgehead atoms. The van der Waals surface area contributed by atoms with Gasteiger partial charge < -0.3 is 19.7 Å². The van der Waals surface area contributed by atoms with Gasteiger partial charge in [0.15, 0.2) is 11.5 Å². The van der Waals surface area contributed by atoms with Gasteiger partial charge in [-0.25, -0.2) is 0 Å². The van der Waals surface area contributed by atoms with Crippen LogP contribution < -0.4 is 9.47 Å². The van der Waals surface area contributed by atoms with Crippen molar-refractivity contribution in [2.75, 3.05) is 14.2 Å². The average molecular weight is 272 g/mol. The van der Waals surface area contributed by atoms with Crippen molar-refractivity contribution in [1.29, 1.82) is 0 Å². The molecule has 0 unspecified atom stereocenters. The summed E-state index contributed by atoms with van der Waals surface area (Å²) in [4.78, 5) is 0. The molecule has 20 heavy (non-hydrogen) atoms. The molecular formula is C16H16O4. The number of benzene rings is 2. The number of hydrogen-bond acceptors (Lipinski definition) is 4. The summed E-state index contributed by atoms with van der Waals surface area (Å²) in [5.41, 5.74) is 3.56. The van der Waals surface area contributed by atoms with Crippen molar-refractivity contribution in [3.8, 4) is 34.1 Å². The summed E-state index contributed by atoms with van der Waals surface area (Å²) in [6, 6.07) is 7.00. The summed E-state index contributed by atoms with van der Waals surface area (Å²) in [5, 5.41) is 20.3. The molecule has 2 aromatic carbocycles. The van der Waals surface area contributed by atoms with Gasteiger partial charge in [-0.05, 0) is 36.1 Å². The molecule has 4 nitrogen and oxygen atoms in total. The van der Waals surface area contributed by atoms with Crippen molar-refractivity contribution in [3.05, 3.63) is 35.4 Å². The molecule has 1 aliphatic rings. The molecule has 0 aromatic heterocycles. The monoisotopic (exact) mass is 272 g/mol. The fourth-order valence-corrected chi connectivity index (χ4v) is 2.83. The van der Waals surface area contributed by atoms with E-state index >= 15 is 0 Å². The highest BCUT2D eigenvalue weighted by atomic mass is 16.5. The lowest BCUT2D eigenvalue weighted by atomic mass is 9.84. The SMILES string of the molecule is COc1cc(O)c2c(c1)CCc1ccc(O)c(OC)c1-2. The van der Waals surface area contributed by atoms with Gasteiger partial charge in [-0.2, -0.15) is 0 Å². The first-order valence-corrected chi connectivity index (χ1v) is 6.44. The third-order valence-electron chi connectivity index (χ3n) is 3.75. The van der Waals surface area contributed by atoms with Gasteiger partial charge in [0.05, 0.1) is 14.2 Å². The molecule has 0 atom stereocenters. The minimum atomic E-state index is 0.0781. The molecule has 3 rings (SSSR count). The first-order valence-electron chi connectivity index (χ1n) is 6.44. The van der Waals surface area contributed by atoms with Gasteiger partial charge in [0, 0.05) is 17.2 Å². The van der Waals surface area contributed by atoms with Crippen LogP contribution in [0.1, 0.15) is 11.1 Å². The summed E-state index contributed by atoms with van der Waals surface area (Å²) in [6.07, 6.45) is 1.66. The number of ether oxygens (including phenoxy) is 2. The summed E-state index contributed by atoms with van der Waals surface area (Å²) in [6.45, 7) is 0. The van der Waals surface area contributed by atoms with Crippen molar-refractivity contribution in [2.24, 2.45) is 0 Å². The lowest BCUT2D eigenvalue weighted by molar-refractivity contribution is 0.373. The molecule has 0 spiro atoms. The molecule has 0 saturated carbocycles. The molecular weight excluding hydrogens is 256 g/mol. The van der Waals surface area contributed by atoms with E-state index in [1.807, 2.05) is 12.1 Å². The van der Waals surface area contributed by atoms with Gasteiger partial charge in [-0.3, -0.25) is 0 Å². The Balaban J connectivity index is 2.32. The van der Waals surface area contributed by atoms with Gasteiger partial charge in [0.25, 0.3) is 0 Å². The van der Waals surface area contributed by atoms with Crippen molar-refractivity contribution >= 4 is 0 Å². The van der Waals surface area contributed by atoms with Crippen LogP contribution in [0.3, 0.4) is 0 Å². The second-order valence-electron chi connectivity index (χ2n) is 4.83. The quantitative estimate of drug-likeness (QED) is 0.882. The Bertz CT molecular complexity index is 677. The Morgan fingerprint density at radius 2 is 1.60 bits per heavy atom. The lowest BCUT2D eigenvalue weighted by Crippen LogP contribution is -2.06. The maximum Gasteiger partial charge on any atom is 0.168 e. The minimum absolute atomic E-state index is 0.0781. The minimum Gasteiger partial charge on any atom is -0.507 e. The van der Waals surface area contributed by atoms with E-state index < -0.39 is 0 Å². The first kappa shape index (κ1) is 12.7. The predicted octanol–water partition coefficient (Wildman–Crippen LogP) is 2.88. The van der Waals surface area contributed by atoms with E-state index in [9.17, 15) is 10.2 Å². The smallest absolute Gasteiger partial charge is 0.168 e. The van der Waals surface area contributed by atoms with Crippen LogP contribution in [0.25, 0.3) is 11.1 Å². The van der Waals surface area contributed by atoms with Gasteiger partial charge in [-0.1, -0.05) is 6.07 Å². The lowest BCUT2D eigenvalue weighted by Gasteiger charge is -2.24. The van der Waals surface area contributed by atoms with E-state index in [2.05, 4.69) is 0 Å². The average Bonchev–Trinajstić information content (AvgIpc) is 2.46. The number of phenolic OH excluding ortho intramolecular Hbond substituents is 2. The van der Waals surface area contributed by atoms with Gasteiger partial charge in [0.1, 0.15) is 11.5 Å². The van der Waals surface area contributed by atoms with E-state index in [1.54, 1.807) is 19.2 Å². The van der Waals surface area contributed by atoms with Gasteiger partial charge in [-0.15, -0.1) is 0 Å². The van der Waals surface area contributed by atoms with E-state index in [0.717, 1.165) is 35.1 Å². The fraction of sp³-hybridized carbons (Fsp3) is 0.250. The number of methoxy groups -OCH3 is 2. The van der Waals surface area contributed by atoms with Crippen LogP contribution in [0, 0.1) is 0 Å². The Kier molecular flexibility index (Phi) is 2.93. The predicted molar refractivity (Wildman–Crippen MR) is 75.7 cm³/mol. The highest BCUT2D eigenvalue weighted by molar-refractivity contribution is 5.85. The molecule has 0 amide bonds. The van der Waals surface area contributed by atoms with E-state index in [4.69, 9.17) is 9.47 Å². The third kappa shape index (κ3) is 1.76. The van der Waals surface area contributed by atoms with Crippen LogP contribution in [0.15, 0.2) is 24.3 Å². The van der Waals surface area contributed by atoms with Crippen LogP contribution in [0.2, 0.25) is 0 Å². The highest BCUT2D eigenvalue weighted by Crippen LogP contribution is 2.48. The topological polar surface area (TPSA) is 58.9 Å². The van der Waals surface area contributed by atoms with Crippen molar-refractivity contribution in [1.82, 2.24) is 0 Å². The Morgan fingerprint density at radius 1 is 0.850 bits per heavy atom. The summed E-state index contributed by atoms with van der Waals surface area (Å²) >= 11 is 0. The van der Waals surface area contributed by atoms with Crippen LogP contribution in [0.5, 0.6) is 23.0 Å². The Labute approximate surface area is 117 Å². The van der Waals surface area contributed by atoms with Crippen molar-refractivity contribution in [2.45, 2.75) is 12.8 Å². The van der Waals surface area contributed by atoms with Crippen LogP contribution >= 0.6 is 0 Å². The zero-order chi connectivity index (χ0) is 14.3. The molecule has 0 aliphatic heterocycles. The number of phenols is 2. The maximum atomic E-state index is 10.3. The summed E-state index contributed by atoms with van der Waals surface area (Å²) < 4.78 is 10.5. The summed E-state index contributed by atoms with van der Waals surface area (Å²) in [5.74, 6) is 1.26. The molecule has 0 radical (unpaired) electrons.